The number of benzene rings is 3. The smallest absolute Gasteiger partial charge is 0.0449 e. The molecule has 0 radical (unpaired) electrons. The average molecular weight is 490 g/mol. The number of hydrogen-bond acceptors (Lipinski definition) is 1. The molecule has 0 atom stereocenters. The van der Waals surface area contributed by atoms with E-state index in [0.29, 0.717) is 0 Å². The summed E-state index contributed by atoms with van der Waals surface area (Å²) in [5.41, 5.74) is 6.87. The Kier molecular flexibility index (Phi) is 4.63. The fraction of sp³-hybridized carbons (Fsp3) is 0.143. The Morgan fingerprint density at radius 3 is 2.50 bits per heavy atom. The summed E-state index contributed by atoms with van der Waals surface area (Å²) in [7, 11) is 0. The zero-order chi connectivity index (χ0) is 16.5. The van der Waals surface area contributed by atoms with Gasteiger partial charge in [-0.1, -0.05) is 64.5 Å². The fourth-order valence-corrected chi connectivity index (χ4v) is 4.85. The highest BCUT2D eigenvalue weighted by Gasteiger charge is 2.19. The largest absolute Gasteiger partial charge is 0.366 e. The number of hydrogen-bond donors (Lipinski definition) is 0. The highest BCUT2D eigenvalue weighted by molar-refractivity contribution is 14.1. The number of halogens is 2. The lowest BCUT2D eigenvalue weighted by Gasteiger charge is -2.25. The van der Waals surface area contributed by atoms with Gasteiger partial charge in [-0.2, -0.15) is 0 Å². The van der Waals surface area contributed by atoms with Crippen LogP contribution in [-0.4, -0.2) is 6.54 Å². The molecule has 120 valence electrons. The summed E-state index contributed by atoms with van der Waals surface area (Å²) in [6.45, 7) is 1.98. The first-order chi connectivity index (χ1) is 11.7. The number of para-hydroxylation sites is 1. The lowest BCUT2D eigenvalue weighted by molar-refractivity contribution is 0.788. The molecule has 1 aliphatic heterocycles. The van der Waals surface area contributed by atoms with E-state index < -0.39 is 0 Å². The van der Waals surface area contributed by atoms with Gasteiger partial charge in [0.1, 0.15) is 0 Å². The molecule has 3 heteroatoms. The fourth-order valence-electron chi connectivity index (χ4n) is 3.37. The molecule has 0 saturated heterocycles. The molecule has 3 aromatic rings. The third kappa shape index (κ3) is 3.11. The van der Waals surface area contributed by atoms with Crippen LogP contribution < -0.4 is 4.90 Å². The molecule has 4 rings (SSSR count). The van der Waals surface area contributed by atoms with Crippen LogP contribution in [0.25, 0.3) is 11.1 Å². The average Bonchev–Trinajstić information content (AvgIpc) is 2.75. The molecule has 0 aromatic heterocycles. The van der Waals surface area contributed by atoms with E-state index in [-0.39, 0.29) is 0 Å². The van der Waals surface area contributed by atoms with Crippen molar-refractivity contribution in [2.45, 2.75) is 13.0 Å². The first-order valence-electron chi connectivity index (χ1n) is 8.08. The van der Waals surface area contributed by atoms with Crippen LogP contribution in [0.4, 0.5) is 5.69 Å². The number of anilines is 1. The quantitative estimate of drug-likeness (QED) is 0.383. The van der Waals surface area contributed by atoms with Gasteiger partial charge >= 0.3 is 0 Å². The van der Waals surface area contributed by atoms with Crippen molar-refractivity contribution in [1.82, 2.24) is 0 Å². The van der Waals surface area contributed by atoms with Gasteiger partial charge in [-0.25, -0.2) is 0 Å². The highest BCUT2D eigenvalue weighted by Crippen LogP contribution is 2.37. The SMILES string of the molecule is Brc1ccc(CN2CCc3ccccc3-c3ccccc32)c(I)c1. The van der Waals surface area contributed by atoms with Crippen LogP contribution in [0.5, 0.6) is 0 Å². The predicted octanol–water partition coefficient (Wildman–Crippen LogP) is 6.28. The van der Waals surface area contributed by atoms with Gasteiger partial charge in [-0.05, 0) is 63.9 Å². The van der Waals surface area contributed by atoms with Crippen LogP contribution in [-0.2, 0) is 13.0 Å². The van der Waals surface area contributed by atoms with Crippen LogP contribution in [0.3, 0.4) is 0 Å². The van der Waals surface area contributed by atoms with Gasteiger partial charge < -0.3 is 4.90 Å². The minimum atomic E-state index is 0.941. The molecule has 0 bridgehead atoms. The van der Waals surface area contributed by atoms with E-state index in [2.05, 4.69) is 110 Å². The van der Waals surface area contributed by atoms with Crippen LogP contribution in [0, 0.1) is 3.57 Å². The number of rotatable bonds is 2. The van der Waals surface area contributed by atoms with E-state index in [0.717, 1.165) is 24.0 Å². The van der Waals surface area contributed by atoms with Crippen molar-refractivity contribution in [2.24, 2.45) is 0 Å². The van der Waals surface area contributed by atoms with Gasteiger partial charge in [0.25, 0.3) is 0 Å². The predicted molar refractivity (Wildman–Crippen MR) is 113 cm³/mol. The van der Waals surface area contributed by atoms with Gasteiger partial charge in [0.15, 0.2) is 0 Å². The van der Waals surface area contributed by atoms with E-state index >= 15 is 0 Å². The minimum absolute atomic E-state index is 0.941. The highest BCUT2D eigenvalue weighted by atomic mass is 127. The van der Waals surface area contributed by atoms with Gasteiger partial charge in [0.2, 0.25) is 0 Å². The maximum Gasteiger partial charge on any atom is 0.0449 e. The monoisotopic (exact) mass is 489 g/mol. The van der Waals surface area contributed by atoms with E-state index in [1.165, 1.54) is 31.5 Å². The molecule has 0 saturated carbocycles. The van der Waals surface area contributed by atoms with Crippen molar-refractivity contribution < 1.29 is 0 Å². The Bertz CT molecular complexity index is 891. The summed E-state index contributed by atoms with van der Waals surface area (Å²) in [6.07, 6.45) is 1.08. The molecule has 24 heavy (non-hydrogen) atoms. The molecule has 0 aliphatic carbocycles. The van der Waals surface area contributed by atoms with Crippen molar-refractivity contribution in [1.29, 1.82) is 0 Å². The Morgan fingerprint density at radius 2 is 1.67 bits per heavy atom. The van der Waals surface area contributed by atoms with Gasteiger partial charge in [-0.15, -0.1) is 0 Å². The second-order valence-electron chi connectivity index (χ2n) is 6.08. The molecular formula is C21H17BrIN. The zero-order valence-corrected chi connectivity index (χ0v) is 16.9. The normalized spacial score (nSPS) is 13.2. The first-order valence-corrected chi connectivity index (χ1v) is 9.96. The lowest BCUT2D eigenvalue weighted by atomic mass is 9.98. The number of nitrogens with zero attached hydrogens (tertiary/aromatic N) is 1. The van der Waals surface area contributed by atoms with Crippen molar-refractivity contribution in [3.63, 3.8) is 0 Å². The first kappa shape index (κ1) is 16.2. The van der Waals surface area contributed by atoms with E-state index in [4.69, 9.17) is 0 Å². The van der Waals surface area contributed by atoms with Crippen molar-refractivity contribution >= 4 is 44.2 Å². The Hall–Kier alpha value is -1.33. The second kappa shape index (κ2) is 6.89. The summed E-state index contributed by atoms with van der Waals surface area (Å²) >= 11 is 6.00. The van der Waals surface area contributed by atoms with Crippen LogP contribution in [0.15, 0.2) is 71.2 Å². The second-order valence-corrected chi connectivity index (χ2v) is 8.16. The molecule has 1 aliphatic rings. The Labute approximate surface area is 165 Å². The van der Waals surface area contributed by atoms with Gasteiger partial charge in [-0.3, -0.25) is 0 Å². The maximum absolute atomic E-state index is 3.56. The molecule has 1 nitrogen and oxygen atoms in total. The van der Waals surface area contributed by atoms with Crippen molar-refractivity contribution in [2.75, 3.05) is 11.4 Å². The molecule has 1 heterocycles. The van der Waals surface area contributed by atoms with Gasteiger partial charge in [0, 0.05) is 32.4 Å². The lowest BCUT2D eigenvalue weighted by Crippen LogP contribution is -2.25. The molecule has 0 spiro atoms. The summed E-state index contributed by atoms with van der Waals surface area (Å²) < 4.78 is 2.44. The minimum Gasteiger partial charge on any atom is -0.366 e. The maximum atomic E-state index is 3.56. The summed E-state index contributed by atoms with van der Waals surface area (Å²) in [4.78, 5) is 2.51. The Morgan fingerprint density at radius 1 is 0.917 bits per heavy atom. The molecule has 0 amide bonds. The van der Waals surface area contributed by atoms with Crippen molar-refractivity contribution in [3.05, 3.63) is 85.9 Å². The van der Waals surface area contributed by atoms with Crippen LogP contribution >= 0.6 is 38.5 Å². The molecule has 0 unspecified atom stereocenters. The third-order valence-electron chi connectivity index (χ3n) is 4.58. The summed E-state index contributed by atoms with van der Waals surface area (Å²) in [6, 6.07) is 24.1. The summed E-state index contributed by atoms with van der Waals surface area (Å²) in [5.74, 6) is 0. The van der Waals surface area contributed by atoms with Crippen molar-refractivity contribution in [3.8, 4) is 11.1 Å². The van der Waals surface area contributed by atoms with Gasteiger partial charge in [0.05, 0.1) is 0 Å². The Balaban J connectivity index is 1.76. The van der Waals surface area contributed by atoms with E-state index in [1.54, 1.807) is 0 Å². The topological polar surface area (TPSA) is 3.24 Å². The third-order valence-corrected chi connectivity index (χ3v) is 6.08. The molecule has 0 fully saturated rings. The molecule has 3 aromatic carbocycles. The van der Waals surface area contributed by atoms with Crippen LogP contribution in [0.1, 0.15) is 11.1 Å². The molecule has 0 N–H and O–H groups in total. The standard InChI is InChI=1S/C21H17BrIN/c22-17-10-9-16(20(23)13-17)14-24-12-11-15-5-1-2-6-18(15)19-7-3-4-8-21(19)24/h1-10,13H,11-12,14H2. The summed E-state index contributed by atoms with van der Waals surface area (Å²) in [5, 5.41) is 0. The number of fused-ring (bicyclic) bond motifs is 3. The van der Waals surface area contributed by atoms with Crippen LogP contribution in [0.2, 0.25) is 0 Å². The van der Waals surface area contributed by atoms with E-state index in [1.807, 2.05) is 0 Å². The molecular weight excluding hydrogens is 473 g/mol. The zero-order valence-electron chi connectivity index (χ0n) is 13.2. The van der Waals surface area contributed by atoms with E-state index in [9.17, 15) is 0 Å².